The van der Waals surface area contributed by atoms with Crippen LogP contribution >= 0.6 is 0 Å². The molecule has 1 aromatic rings. The van der Waals surface area contributed by atoms with Gasteiger partial charge in [-0.15, -0.1) is 0 Å². The van der Waals surface area contributed by atoms with Gasteiger partial charge in [-0.05, 0) is 24.8 Å². The van der Waals surface area contributed by atoms with Crippen LogP contribution in [0.1, 0.15) is 38.2 Å². The van der Waals surface area contributed by atoms with Gasteiger partial charge in [-0.2, -0.15) is 5.26 Å². The molecule has 4 heteroatoms. The van der Waals surface area contributed by atoms with Crippen LogP contribution in [-0.4, -0.2) is 18.1 Å². The molecule has 1 saturated heterocycles. The summed E-state index contributed by atoms with van der Waals surface area (Å²) in [4.78, 5) is 6.53. The topological polar surface area (TPSA) is 65.9 Å². The zero-order valence-corrected chi connectivity index (χ0v) is 10.9. The summed E-state index contributed by atoms with van der Waals surface area (Å²) in [7, 11) is 0. The maximum Gasteiger partial charge on any atom is 0.146 e. The van der Waals surface area contributed by atoms with Crippen molar-refractivity contribution in [1.29, 1.82) is 5.26 Å². The van der Waals surface area contributed by atoms with Crippen molar-refractivity contribution in [2.24, 2.45) is 5.92 Å². The Morgan fingerprint density at radius 2 is 2.22 bits per heavy atom. The van der Waals surface area contributed by atoms with E-state index >= 15 is 0 Å². The Hall–Kier alpha value is -1.76. The van der Waals surface area contributed by atoms with Crippen molar-refractivity contribution < 1.29 is 0 Å². The molecule has 1 aromatic heterocycles. The third kappa shape index (κ3) is 2.73. The standard InChI is InChI=1S/C14H20N4/c1-2-3-11-4-6-18(7-5-11)14-12(9-15)8-13(16)10-17-14/h8,10-11H,2-7,16H2,1H3. The Morgan fingerprint density at radius 3 is 2.83 bits per heavy atom. The van der Waals surface area contributed by atoms with Crippen LogP contribution in [0.15, 0.2) is 12.3 Å². The first-order valence-electron chi connectivity index (χ1n) is 6.65. The molecule has 1 aliphatic rings. The van der Waals surface area contributed by atoms with Crippen LogP contribution in [0.2, 0.25) is 0 Å². The van der Waals surface area contributed by atoms with Gasteiger partial charge >= 0.3 is 0 Å². The van der Waals surface area contributed by atoms with E-state index in [1.165, 1.54) is 25.7 Å². The number of nitriles is 1. The Labute approximate surface area is 108 Å². The lowest BCUT2D eigenvalue weighted by molar-refractivity contribution is 0.377. The van der Waals surface area contributed by atoms with Gasteiger partial charge in [0, 0.05) is 13.1 Å². The van der Waals surface area contributed by atoms with Crippen molar-refractivity contribution >= 4 is 11.5 Å². The number of pyridine rings is 1. The molecular formula is C14H20N4. The number of aromatic nitrogens is 1. The highest BCUT2D eigenvalue weighted by Crippen LogP contribution is 2.27. The number of nitrogens with zero attached hydrogens (tertiary/aromatic N) is 3. The smallest absolute Gasteiger partial charge is 0.146 e. The van der Waals surface area contributed by atoms with Crippen LogP contribution in [0.4, 0.5) is 11.5 Å². The summed E-state index contributed by atoms with van der Waals surface area (Å²) in [6.45, 7) is 4.23. The molecule has 0 aliphatic carbocycles. The van der Waals surface area contributed by atoms with Crippen molar-refractivity contribution in [3.8, 4) is 6.07 Å². The predicted octanol–water partition coefficient (Wildman–Crippen LogP) is 2.55. The van der Waals surface area contributed by atoms with Crippen LogP contribution in [0, 0.1) is 17.2 Å². The van der Waals surface area contributed by atoms with E-state index in [1.54, 1.807) is 12.3 Å². The second-order valence-corrected chi connectivity index (χ2v) is 4.97. The van der Waals surface area contributed by atoms with E-state index in [0.29, 0.717) is 11.3 Å². The highest BCUT2D eigenvalue weighted by atomic mass is 15.2. The molecule has 0 aromatic carbocycles. The minimum atomic E-state index is 0.552. The zero-order chi connectivity index (χ0) is 13.0. The van der Waals surface area contributed by atoms with Gasteiger partial charge in [0.25, 0.3) is 0 Å². The maximum absolute atomic E-state index is 9.14. The number of rotatable bonds is 3. The monoisotopic (exact) mass is 244 g/mol. The Morgan fingerprint density at radius 1 is 1.50 bits per heavy atom. The van der Waals surface area contributed by atoms with Crippen LogP contribution in [0.5, 0.6) is 0 Å². The minimum absolute atomic E-state index is 0.552. The van der Waals surface area contributed by atoms with Gasteiger partial charge in [0.05, 0.1) is 17.4 Å². The fourth-order valence-corrected chi connectivity index (χ4v) is 2.65. The summed E-state index contributed by atoms with van der Waals surface area (Å²) in [5.74, 6) is 1.63. The molecule has 0 radical (unpaired) electrons. The van der Waals surface area contributed by atoms with Gasteiger partial charge < -0.3 is 10.6 Å². The van der Waals surface area contributed by atoms with Gasteiger partial charge in [-0.3, -0.25) is 0 Å². The van der Waals surface area contributed by atoms with Gasteiger partial charge in [0.2, 0.25) is 0 Å². The number of piperidine rings is 1. The van der Waals surface area contributed by atoms with Gasteiger partial charge in [0.1, 0.15) is 11.9 Å². The SMILES string of the molecule is CCCC1CCN(c2ncc(N)cc2C#N)CC1. The lowest BCUT2D eigenvalue weighted by Gasteiger charge is -2.33. The normalized spacial score (nSPS) is 16.6. The van der Waals surface area contributed by atoms with Crippen LogP contribution in [0.3, 0.4) is 0 Å². The second kappa shape index (κ2) is 5.72. The van der Waals surface area contributed by atoms with Crippen molar-refractivity contribution in [1.82, 2.24) is 4.98 Å². The van der Waals surface area contributed by atoms with E-state index < -0.39 is 0 Å². The molecule has 4 nitrogen and oxygen atoms in total. The molecule has 0 amide bonds. The molecule has 18 heavy (non-hydrogen) atoms. The number of nitrogen functional groups attached to an aromatic ring is 1. The molecule has 0 bridgehead atoms. The van der Waals surface area contributed by atoms with Gasteiger partial charge in [-0.25, -0.2) is 4.98 Å². The Bertz CT molecular complexity index is 442. The van der Waals surface area contributed by atoms with E-state index in [1.807, 2.05) is 0 Å². The Kier molecular flexibility index (Phi) is 4.03. The van der Waals surface area contributed by atoms with Crippen molar-refractivity contribution in [3.63, 3.8) is 0 Å². The molecule has 1 fully saturated rings. The maximum atomic E-state index is 9.14. The highest BCUT2D eigenvalue weighted by Gasteiger charge is 2.21. The molecule has 2 rings (SSSR count). The first-order chi connectivity index (χ1) is 8.74. The first kappa shape index (κ1) is 12.7. The van der Waals surface area contributed by atoms with Crippen molar-refractivity contribution in [2.75, 3.05) is 23.7 Å². The molecule has 2 heterocycles. The fraction of sp³-hybridized carbons (Fsp3) is 0.571. The molecule has 1 aliphatic heterocycles. The number of hydrogen-bond acceptors (Lipinski definition) is 4. The van der Waals surface area contributed by atoms with Crippen LogP contribution in [0.25, 0.3) is 0 Å². The fourth-order valence-electron chi connectivity index (χ4n) is 2.65. The Balaban J connectivity index is 2.08. The van der Waals surface area contributed by atoms with E-state index in [4.69, 9.17) is 11.0 Å². The third-order valence-corrected chi connectivity index (χ3v) is 3.62. The van der Waals surface area contributed by atoms with Crippen LogP contribution in [-0.2, 0) is 0 Å². The van der Waals surface area contributed by atoms with Crippen LogP contribution < -0.4 is 10.6 Å². The molecule has 0 saturated carbocycles. The quantitative estimate of drug-likeness (QED) is 0.887. The summed E-state index contributed by atoms with van der Waals surface area (Å²) in [5, 5.41) is 9.14. The molecular weight excluding hydrogens is 224 g/mol. The zero-order valence-electron chi connectivity index (χ0n) is 10.9. The van der Waals surface area contributed by atoms with E-state index in [0.717, 1.165) is 24.8 Å². The van der Waals surface area contributed by atoms with Crippen molar-refractivity contribution in [2.45, 2.75) is 32.6 Å². The summed E-state index contributed by atoms with van der Waals surface area (Å²) in [6.07, 6.45) is 6.60. The lowest BCUT2D eigenvalue weighted by atomic mass is 9.92. The summed E-state index contributed by atoms with van der Waals surface area (Å²) in [6, 6.07) is 3.89. The highest BCUT2D eigenvalue weighted by molar-refractivity contribution is 5.58. The minimum Gasteiger partial charge on any atom is -0.397 e. The van der Waals surface area contributed by atoms with Crippen molar-refractivity contribution in [3.05, 3.63) is 17.8 Å². The average Bonchev–Trinajstić information content (AvgIpc) is 2.40. The molecule has 2 N–H and O–H groups in total. The summed E-state index contributed by atoms with van der Waals surface area (Å²) < 4.78 is 0. The number of nitrogens with two attached hydrogens (primary N) is 1. The van der Waals surface area contributed by atoms with Gasteiger partial charge in [-0.1, -0.05) is 19.8 Å². The third-order valence-electron chi connectivity index (χ3n) is 3.62. The van der Waals surface area contributed by atoms with E-state index in [2.05, 4.69) is 22.9 Å². The van der Waals surface area contributed by atoms with E-state index in [-0.39, 0.29) is 0 Å². The number of hydrogen-bond donors (Lipinski definition) is 1. The average molecular weight is 244 g/mol. The summed E-state index contributed by atoms with van der Waals surface area (Å²) >= 11 is 0. The molecule has 0 unspecified atom stereocenters. The number of anilines is 2. The second-order valence-electron chi connectivity index (χ2n) is 4.97. The molecule has 96 valence electrons. The first-order valence-corrected chi connectivity index (χ1v) is 6.65. The predicted molar refractivity (Wildman–Crippen MR) is 73.2 cm³/mol. The van der Waals surface area contributed by atoms with Gasteiger partial charge in [0.15, 0.2) is 0 Å². The lowest BCUT2D eigenvalue weighted by Crippen LogP contribution is -2.34. The molecule has 0 atom stereocenters. The molecule has 0 spiro atoms. The largest absolute Gasteiger partial charge is 0.397 e. The summed E-state index contributed by atoms with van der Waals surface area (Å²) in [5.41, 5.74) is 6.80. The van der Waals surface area contributed by atoms with E-state index in [9.17, 15) is 0 Å².